The number of ketones is 1. The van der Waals surface area contributed by atoms with Gasteiger partial charge in [-0.1, -0.05) is 60.2 Å². The number of aryl methyl sites for hydroxylation is 1. The van der Waals surface area contributed by atoms with Crippen molar-refractivity contribution < 1.29 is 19.1 Å². The molecule has 27 heavy (non-hydrogen) atoms. The SMILES string of the molecule is Cc1ccc(C(=O)C(C)OC(=O)C2CC(=O)N(Cc3ccccc3)C2)cc1. The Labute approximate surface area is 158 Å². The van der Waals surface area contributed by atoms with Crippen LogP contribution < -0.4 is 0 Å². The van der Waals surface area contributed by atoms with E-state index in [1.165, 1.54) is 0 Å². The molecule has 0 spiro atoms. The molecule has 5 nitrogen and oxygen atoms in total. The smallest absolute Gasteiger partial charge is 0.311 e. The number of Topliss-reactive ketones (excluding diaryl/α,β-unsaturated/α-hetero) is 1. The number of rotatable bonds is 6. The number of likely N-dealkylation sites (tertiary alicyclic amines) is 1. The van der Waals surface area contributed by atoms with Crippen LogP contribution in [0.5, 0.6) is 0 Å². The highest BCUT2D eigenvalue weighted by molar-refractivity contribution is 6.00. The molecule has 0 aromatic heterocycles. The Bertz CT molecular complexity index is 829. The first-order valence-electron chi connectivity index (χ1n) is 9.07. The van der Waals surface area contributed by atoms with E-state index in [9.17, 15) is 14.4 Å². The zero-order valence-electron chi connectivity index (χ0n) is 15.6. The van der Waals surface area contributed by atoms with Gasteiger partial charge in [0.1, 0.15) is 0 Å². The van der Waals surface area contributed by atoms with Crippen LogP contribution in [0.1, 0.15) is 34.8 Å². The molecule has 0 aliphatic carbocycles. The molecule has 5 heteroatoms. The second-order valence-electron chi connectivity index (χ2n) is 6.97. The van der Waals surface area contributed by atoms with Crippen LogP contribution in [-0.2, 0) is 20.9 Å². The van der Waals surface area contributed by atoms with Gasteiger partial charge in [0.05, 0.1) is 5.92 Å². The second kappa shape index (κ2) is 8.16. The molecule has 3 rings (SSSR count). The number of benzene rings is 2. The number of hydrogen-bond acceptors (Lipinski definition) is 4. The lowest BCUT2D eigenvalue weighted by Crippen LogP contribution is -2.30. The summed E-state index contributed by atoms with van der Waals surface area (Å²) in [6.45, 7) is 4.30. The minimum atomic E-state index is -0.876. The van der Waals surface area contributed by atoms with E-state index in [0.717, 1.165) is 11.1 Å². The molecule has 0 radical (unpaired) electrons. The van der Waals surface area contributed by atoms with Gasteiger partial charge in [-0.15, -0.1) is 0 Å². The molecule has 0 bridgehead atoms. The van der Waals surface area contributed by atoms with Gasteiger partial charge >= 0.3 is 5.97 Å². The third-order valence-corrected chi connectivity index (χ3v) is 4.76. The summed E-state index contributed by atoms with van der Waals surface area (Å²) in [6.07, 6.45) is -0.754. The van der Waals surface area contributed by atoms with Crippen molar-refractivity contribution in [1.82, 2.24) is 4.90 Å². The van der Waals surface area contributed by atoms with Gasteiger partial charge < -0.3 is 9.64 Å². The summed E-state index contributed by atoms with van der Waals surface area (Å²) in [5.41, 5.74) is 2.58. The molecule has 0 saturated carbocycles. The largest absolute Gasteiger partial charge is 0.454 e. The molecule has 0 N–H and O–H groups in total. The summed E-state index contributed by atoms with van der Waals surface area (Å²) in [4.78, 5) is 38.7. The van der Waals surface area contributed by atoms with Crippen molar-refractivity contribution in [2.75, 3.05) is 6.54 Å². The van der Waals surface area contributed by atoms with Gasteiger partial charge in [0.2, 0.25) is 11.7 Å². The van der Waals surface area contributed by atoms with Crippen molar-refractivity contribution in [3.05, 3.63) is 71.3 Å². The topological polar surface area (TPSA) is 63.7 Å². The number of hydrogen-bond donors (Lipinski definition) is 0. The average Bonchev–Trinajstić information content (AvgIpc) is 3.03. The third kappa shape index (κ3) is 4.61. The highest BCUT2D eigenvalue weighted by Gasteiger charge is 2.36. The summed E-state index contributed by atoms with van der Waals surface area (Å²) in [6, 6.07) is 16.8. The number of ether oxygens (including phenoxy) is 1. The van der Waals surface area contributed by atoms with E-state index in [-0.39, 0.29) is 18.1 Å². The number of amides is 1. The van der Waals surface area contributed by atoms with E-state index in [1.807, 2.05) is 49.4 Å². The van der Waals surface area contributed by atoms with E-state index in [1.54, 1.807) is 24.0 Å². The van der Waals surface area contributed by atoms with Crippen LogP contribution in [0.2, 0.25) is 0 Å². The maximum absolute atomic E-state index is 12.4. The van der Waals surface area contributed by atoms with Gasteiger partial charge in [-0.05, 0) is 19.4 Å². The number of nitrogens with zero attached hydrogens (tertiary/aromatic N) is 1. The van der Waals surface area contributed by atoms with Gasteiger partial charge in [0.15, 0.2) is 6.10 Å². The first kappa shape index (κ1) is 18.8. The lowest BCUT2D eigenvalue weighted by atomic mass is 10.1. The normalized spacial score (nSPS) is 17.6. The molecule has 1 aliphatic rings. The van der Waals surface area contributed by atoms with E-state index in [2.05, 4.69) is 0 Å². The van der Waals surface area contributed by atoms with Gasteiger partial charge in [-0.25, -0.2) is 0 Å². The van der Waals surface area contributed by atoms with Crippen molar-refractivity contribution >= 4 is 17.7 Å². The summed E-state index contributed by atoms with van der Waals surface area (Å²) in [5, 5.41) is 0. The highest BCUT2D eigenvalue weighted by Crippen LogP contribution is 2.22. The van der Waals surface area contributed by atoms with Crippen molar-refractivity contribution in [3.8, 4) is 0 Å². The molecular weight excluding hydrogens is 342 g/mol. The van der Waals surface area contributed by atoms with Crippen LogP contribution in [-0.4, -0.2) is 35.2 Å². The zero-order chi connectivity index (χ0) is 19.4. The zero-order valence-corrected chi connectivity index (χ0v) is 15.6. The van der Waals surface area contributed by atoms with E-state index >= 15 is 0 Å². The summed E-state index contributed by atoms with van der Waals surface area (Å²) in [5.74, 6) is -1.34. The van der Waals surface area contributed by atoms with E-state index in [4.69, 9.17) is 4.74 Å². The monoisotopic (exact) mass is 365 g/mol. The van der Waals surface area contributed by atoms with Crippen molar-refractivity contribution in [1.29, 1.82) is 0 Å². The molecule has 1 fully saturated rings. The van der Waals surface area contributed by atoms with E-state index < -0.39 is 18.0 Å². The summed E-state index contributed by atoms with van der Waals surface area (Å²) >= 11 is 0. The first-order chi connectivity index (χ1) is 12.9. The van der Waals surface area contributed by atoms with Gasteiger partial charge in [0.25, 0.3) is 0 Å². The molecular formula is C22H23NO4. The Kier molecular flexibility index (Phi) is 5.69. The van der Waals surface area contributed by atoms with Gasteiger partial charge in [0, 0.05) is 25.1 Å². The molecule has 1 amide bonds. The van der Waals surface area contributed by atoms with Crippen LogP contribution >= 0.6 is 0 Å². The molecule has 140 valence electrons. The Morgan fingerprint density at radius 2 is 1.78 bits per heavy atom. The first-order valence-corrected chi connectivity index (χ1v) is 9.07. The maximum Gasteiger partial charge on any atom is 0.311 e. The number of carbonyl (C=O) groups is 3. The quantitative estimate of drug-likeness (QED) is 0.583. The molecule has 1 heterocycles. The second-order valence-corrected chi connectivity index (χ2v) is 6.97. The molecule has 2 aromatic rings. The van der Waals surface area contributed by atoms with Crippen LogP contribution in [0.3, 0.4) is 0 Å². The maximum atomic E-state index is 12.4. The fraction of sp³-hybridized carbons (Fsp3) is 0.318. The minimum Gasteiger partial charge on any atom is -0.454 e. The van der Waals surface area contributed by atoms with Crippen molar-refractivity contribution in [2.45, 2.75) is 32.9 Å². The molecule has 2 unspecified atom stereocenters. The standard InChI is InChI=1S/C22H23NO4/c1-15-8-10-18(11-9-15)21(25)16(2)27-22(26)19-12-20(24)23(14-19)13-17-6-4-3-5-7-17/h3-11,16,19H,12-14H2,1-2H3. The fourth-order valence-electron chi connectivity index (χ4n) is 3.16. The predicted octanol–water partition coefficient (Wildman–Crippen LogP) is 3.16. The lowest BCUT2D eigenvalue weighted by Gasteiger charge is -2.18. The Morgan fingerprint density at radius 1 is 1.11 bits per heavy atom. The van der Waals surface area contributed by atoms with E-state index in [0.29, 0.717) is 18.7 Å². The fourth-order valence-corrected chi connectivity index (χ4v) is 3.16. The van der Waals surface area contributed by atoms with Crippen LogP contribution in [0.4, 0.5) is 0 Å². The average molecular weight is 365 g/mol. The Hall–Kier alpha value is -2.95. The van der Waals surface area contributed by atoms with Crippen molar-refractivity contribution in [3.63, 3.8) is 0 Å². The Balaban J connectivity index is 1.57. The molecule has 2 aromatic carbocycles. The van der Waals surface area contributed by atoms with Crippen molar-refractivity contribution in [2.24, 2.45) is 5.92 Å². The number of esters is 1. The molecule has 1 saturated heterocycles. The summed E-state index contributed by atoms with van der Waals surface area (Å²) in [7, 11) is 0. The van der Waals surface area contributed by atoms with Crippen LogP contribution in [0, 0.1) is 12.8 Å². The van der Waals surface area contributed by atoms with Crippen LogP contribution in [0.15, 0.2) is 54.6 Å². The highest BCUT2D eigenvalue weighted by atomic mass is 16.5. The molecule has 2 atom stereocenters. The Morgan fingerprint density at radius 3 is 2.44 bits per heavy atom. The third-order valence-electron chi connectivity index (χ3n) is 4.76. The summed E-state index contributed by atoms with van der Waals surface area (Å²) < 4.78 is 5.36. The lowest BCUT2D eigenvalue weighted by molar-refractivity contribution is -0.151. The van der Waals surface area contributed by atoms with Crippen LogP contribution in [0.25, 0.3) is 0 Å². The number of carbonyl (C=O) groups excluding carboxylic acids is 3. The predicted molar refractivity (Wildman–Crippen MR) is 101 cm³/mol. The van der Waals surface area contributed by atoms with Gasteiger partial charge in [-0.3, -0.25) is 14.4 Å². The van der Waals surface area contributed by atoms with Gasteiger partial charge in [-0.2, -0.15) is 0 Å². The molecule has 1 aliphatic heterocycles. The minimum absolute atomic E-state index is 0.0710.